The highest BCUT2D eigenvalue weighted by atomic mass is 16.5. The number of hydrogen-bond donors (Lipinski definition) is 1. The summed E-state index contributed by atoms with van der Waals surface area (Å²) in [5.74, 6) is -0.297. The lowest BCUT2D eigenvalue weighted by molar-refractivity contribution is 0.0601. The molecule has 0 aliphatic carbocycles. The number of anilines is 1. The fraction of sp³-hybridized carbons (Fsp3) is 0.417. The Morgan fingerprint density at radius 1 is 1.47 bits per heavy atom. The van der Waals surface area contributed by atoms with E-state index < -0.39 is 0 Å². The number of nitrogens with one attached hydrogen (secondary N) is 1. The number of carbonyl (C=O) groups excluding carboxylic acids is 1. The topological polar surface area (TPSA) is 38.3 Å². The molecule has 0 aromatic heterocycles. The molecule has 15 heavy (non-hydrogen) atoms. The first-order valence-electron chi connectivity index (χ1n) is 5.12. The van der Waals surface area contributed by atoms with Crippen molar-refractivity contribution >= 4 is 11.7 Å². The second-order valence-electron chi connectivity index (χ2n) is 3.45. The van der Waals surface area contributed by atoms with Gasteiger partial charge in [-0.2, -0.15) is 0 Å². The fourth-order valence-corrected chi connectivity index (χ4v) is 1.32. The zero-order valence-corrected chi connectivity index (χ0v) is 9.46. The Balaban J connectivity index is 2.89. The number of aryl methyl sites for hydroxylation is 1. The molecule has 1 N–H and O–H groups in total. The van der Waals surface area contributed by atoms with Crippen LogP contribution in [0.2, 0.25) is 0 Å². The van der Waals surface area contributed by atoms with Crippen molar-refractivity contribution in [1.82, 2.24) is 0 Å². The third kappa shape index (κ3) is 2.98. The van der Waals surface area contributed by atoms with Crippen molar-refractivity contribution in [3.8, 4) is 0 Å². The number of ether oxygens (including phenoxy) is 1. The van der Waals surface area contributed by atoms with Crippen LogP contribution in [0.4, 0.5) is 5.69 Å². The quantitative estimate of drug-likeness (QED) is 0.771. The molecule has 82 valence electrons. The summed E-state index contributed by atoms with van der Waals surface area (Å²) >= 11 is 0. The Hall–Kier alpha value is -1.51. The Morgan fingerprint density at radius 3 is 2.80 bits per heavy atom. The summed E-state index contributed by atoms with van der Waals surface area (Å²) in [5, 5.41) is 3.27. The maximum atomic E-state index is 11.3. The summed E-state index contributed by atoms with van der Waals surface area (Å²) in [6.45, 7) is 5.02. The van der Waals surface area contributed by atoms with Crippen molar-refractivity contribution in [2.45, 2.75) is 20.3 Å². The lowest BCUT2D eigenvalue weighted by Crippen LogP contribution is -2.05. The third-order valence-electron chi connectivity index (χ3n) is 2.22. The lowest BCUT2D eigenvalue weighted by atomic mass is 10.1. The second-order valence-corrected chi connectivity index (χ2v) is 3.45. The van der Waals surface area contributed by atoms with E-state index in [1.165, 1.54) is 7.11 Å². The summed E-state index contributed by atoms with van der Waals surface area (Å²) in [5.41, 5.74) is 2.72. The molecule has 0 aliphatic heterocycles. The first-order chi connectivity index (χ1) is 7.19. The van der Waals surface area contributed by atoms with Gasteiger partial charge in [0.1, 0.15) is 0 Å². The van der Waals surface area contributed by atoms with Gasteiger partial charge in [-0.05, 0) is 31.0 Å². The Bertz CT molecular complexity index is 347. The zero-order chi connectivity index (χ0) is 11.3. The highest BCUT2D eigenvalue weighted by Gasteiger charge is 2.07. The number of esters is 1. The highest BCUT2D eigenvalue weighted by Crippen LogP contribution is 2.17. The van der Waals surface area contributed by atoms with E-state index in [1.807, 2.05) is 19.1 Å². The van der Waals surface area contributed by atoms with Crippen LogP contribution in [0.3, 0.4) is 0 Å². The molecule has 3 heteroatoms. The third-order valence-corrected chi connectivity index (χ3v) is 2.22. The monoisotopic (exact) mass is 207 g/mol. The molecule has 3 nitrogen and oxygen atoms in total. The SMILES string of the molecule is CCCNc1cc(C(=O)OC)ccc1C. The van der Waals surface area contributed by atoms with E-state index in [-0.39, 0.29) is 5.97 Å². The number of hydrogen-bond acceptors (Lipinski definition) is 3. The van der Waals surface area contributed by atoms with Crippen LogP contribution in [0, 0.1) is 6.92 Å². The minimum Gasteiger partial charge on any atom is -0.465 e. The smallest absolute Gasteiger partial charge is 0.337 e. The van der Waals surface area contributed by atoms with Gasteiger partial charge in [0, 0.05) is 12.2 Å². The van der Waals surface area contributed by atoms with E-state index in [9.17, 15) is 4.79 Å². The molecule has 0 fully saturated rings. The van der Waals surface area contributed by atoms with Gasteiger partial charge in [0.05, 0.1) is 12.7 Å². The number of carbonyl (C=O) groups is 1. The van der Waals surface area contributed by atoms with Crippen LogP contribution in [0.1, 0.15) is 29.3 Å². The van der Waals surface area contributed by atoms with E-state index in [4.69, 9.17) is 0 Å². The molecule has 0 saturated heterocycles. The van der Waals surface area contributed by atoms with Gasteiger partial charge in [0.25, 0.3) is 0 Å². The average molecular weight is 207 g/mol. The van der Waals surface area contributed by atoms with Crippen LogP contribution >= 0.6 is 0 Å². The van der Waals surface area contributed by atoms with Gasteiger partial charge >= 0.3 is 5.97 Å². The van der Waals surface area contributed by atoms with Crippen molar-refractivity contribution in [1.29, 1.82) is 0 Å². The van der Waals surface area contributed by atoms with Crippen LogP contribution in [0.15, 0.2) is 18.2 Å². The van der Waals surface area contributed by atoms with Crippen LogP contribution < -0.4 is 5.32 Å². The summed E-state index contributed by atoms with van der Waals surface area (Å²) in [6.07, 6.45) is 1.06. The summed E-state index contributed by atoms with van der Waals surface area (Å²) in [7, 11) is 1.39. The van der Waals surface area contributed by atoms with Crippen molar-refractivity contribution in [2.75, 3.05) is 19.0 Å². The first kappa shape index (κ1) is 11.6. The van der Waals surface area contributed by atoms with Crippen LogP contribution in [-0.4, -0.2) is 19.6 Å². The van der Waals surface area contributed by atoms with E-state index >= 15 is 0 Å². The molecule has 0 bridgehead atoms. The predicted octanol–water partition coefficient (Wildman–Crippen LogP) is 2.60. The normalized spacial score (nSPS) is 9.80. The largest absolute Gasteiger partial charge is 0.465 e. The predicted molar refractivity (Wildman–Crippen MR) is 61.3 cm³/mol. The Labute approximate surface area is 90.4 Å². The molecule has 1 rings (SSSR count). The molecule has 0 radical (unpaired) electrons. The number of benzene rings is 1. The van der Waals surface area contributed by atoms with Gasteiger partial charge in [0.15, 0.2) is 0 Å². The molecule has 0 unspecified atom stereocenters. The van der Waals surface area contributed by atoms with Crippen molar-refractivity contribution in [3.63, 3.8) is 0 Å². The van der Waals surface area contributed by atoms with Gasteiger partial charge in [-0.1, -0.05) is 13.0 Å². The maximum absolute atomic E-state index is 11.3. The van der Waals surface area contributed by atoms with Gasteiger partial charge in [-0.15, -0.1) is 0 Å². The van der Waals surface area contributed by atoms with Crippen molar-refractivity contribution in [2.24, 2.45) is 0 Å². The van der Waals surface area contributed by atoms with Crippen LogP contribution in [0.5, 0.6) is 0 Å². The van der Waals surface area contributed by atoms with E-state index in [1.54, 1.807) is 6.07 Å². The molecule has 0 saturated carbocycles. The molecule has 0 spiro atoms. The van der Waals surface area contributed by atoms with Crippen molar-refractivity contribution < 1.29 is 9.53 Å². The second kappa shape index (κ2) is 5.39. The van der Waals surface area contributed by atoms with Gasteiger partial charge in [0.2, 0.25) is 0 Å². The summed E-state index contributed by atoms with van der Waals surface area (Å²) in [6, 6.07) is 5.53. The Kier molecular flexibility index (Phi) is 4.16. The van der Waals surface area contributed by atoms with E-state index in [0.717, 1.165) is 24.2 Å². The fourth-order valence-electron chi connectivity index (χ4n) is 1.32. The van der Waals surface area contributed by atoms with Gasteiger partial charge in [-0.3, -0.25) is 0 Å². The molecule has 0 heterocycles. The van der Waals surface area contributed by atoms with Crippen LogP contribution in [-0.2, 0) is 4.74 Å². The van der Waals surface area contributed by atoms with Gasteiger partial charge in [-0.25, -0.2) is 4.79 Å². The molecule has 0 amide bonds. The number of rotatable bonds is 4. The van der Waals surface area contributed by atoms with Crippen LogP contribution in [0.25, 0.3) is 0 Å². The molecule has 1 aromatic carbocycles. The maximum Gasteiger partial charge on any atom is 0.337 e. The van der Waals surface area contributed by atoms with E-state index in [2.05, 4.69) is 17.0 Å². The first-order valence-corrected chi connectivity index (χ1v) is 5.12. The number of methoxy groups -OCH3 is 1. The zero-order valence-electron chi connectivity index (χ0n) is 9.46. The Morgan fingerprint density at radius 2 is 2.20 bits per heavy atom. The molecule has 1 aromatic rings. The van der Waals surface area contributed by atoms with Crippen molar-refractivity contribution in [3.05, 3.63) is 29.3 Å². The molecular formula is C12H17NO2. The standard InChI is InChI=1S/C12H17NO2/c1-4-7-13-11-8-10(12(14)15-3)6-5-9(11)2/h5-6,8,13H,4,7H2,1-3H3. The minimum atomic E-state index is -0.297. The average Bonchev–Trinajstić information content (AvgIpc) is 2.27. The highest BCUT2D eigenvalue weighted by molar-refractivity contribution is 5.90. The lowest BCUT2D eigenvalue weighted by Gasteiger charge is -2.09. The molecule has 0 atom stereocenters. The summed E-state index contributed by atoms with van der Waals surface area (Å²) in [4.78, 5) is 11.3. The molecule has 0 aliphatic rings. The minimum absolute atomic E-state index is 0.297. The summed E-state index contributed by atoms with van der Waals surface area (Å²) < 4.78 is 4.67. The van der Waals surface area contributed by atoms with E-state index in [0.29, 0.717) is 5.56 Å². The van der Waals surface area contributed by atoms with Gasteiger partial charge < -0.3 is 10.1 Å². The molecular weight excluding hydrogens is 190 g/mol.